The Labute approximate surface area is 120 Å². The lowest BCUT2D eigenvalue weighted by Crippen LogP contribution is -2.19. The molecule has 0 unspecified atom stereocenters. The van der Waals surface area contributed by atoms with Crippen molar-refractivity contribution in [2.45, 2.75) is 26.4 Å². The SMILES string of the molecule is CCc1nc2c(OCC(F)(F)F)cccc2c(NN)c1C. The summed E-state index contributed by atoms with van der Waals surface area (Å²) in [4.78, 5) is 4.41. The molecule has 2 aromatic rings. The fourth-order valence-corrected chi connectivity index (χ4v) is 2.21. The number of ether oxygens (including phenoxy) is 1. The van der Waals surface area contributed by atoms with Gasteiger partial charge in [0.2, 0.25) is 0 Å². The number of fused-ring (bicyclic) bond motifs is 1. The molecule has 114 valence electrons. The summed E-state index contributed by atoms with van der Waals surface area (Å²) in [5.74, 6) is 5.63. The number of alkyl halides is 3. The Balaban J connectivity index is 2.58. The summed E-state index contributed by atoms with van der Waals surface area (Å²) in [5, 5.41) is 0.631. The van der Waals surface area contributed by atoms with E-state index in [0.29, 0.717) is 23.0 Å². The zero-order valence-corrected chi connectivity index (χ0v) is 11.7. The largest absolute Gasteiger partial charge is 0.482 e. The Morgan fingerprint density at radius 2 is 2.05 bits per heavy atom. The van der Waals surface area contributed by atoms with Crippen LogP contribution in [0.3, 0.4) is 0 Å². The molecule has 0 radical (unpaired) electrons. The standard InChI is InChI=1S/C14H16F3N3O/c1-3-10-8(2)12(20-18)9-5-4-6-11(13(9)19-10)21-7-14(15,16)17/h4-6H,3,7,18H2,1-2H3,(H,19,20). The van der Waals surface area contributed by atoms with Gasteiger partial charge in [-0.3, -0.25) is 5.84 Å². The molecule has 0 amide bonds. The lowest BCUT2D eigenvalue weighted by atomic mass is 10.1. The number of halogens is 3. The molecule has 0 spiro atoms. The van der Waals surface area contributed by atoms with Gasteiger partial charge in [0.1, 0.15) is 11.3 Å². The number of aromatic nitrogens is 1. The predicted molar refractivity (Wildman–Crippen MR) is 75.2 cm³/mol. The van der Waals surface area contributed by atoms with Crippen molar-refractivity contribution < 1.29 is 17.9 Å². The first-order chi connectivity index (χ1) is 9.87. The molecule has 0 fully saturated rings. The number of nitrogen functional groups attached to an aromatic ring is 1. The summed E-state index contributed by atoms with van der Waals surface area (Å²) in [6.07, 6.45) is -3.75. The molecule has 2 rings (SSSR count). The van der Waals surface area contributed by atoms with E-state index in [2.05, 4.69) is 10.4 Å². The maximum absolute atomic E-state index is 12.3. The van der Waals surface area contributed by atoms with Crippen LogP contribution in [0, 0.1) is 6.92 Å². The molecule has 3 N–H and O–H groups in total. The summed E-state index contributed by atoms with van der Waals surface area (Å²) < 4.78 is 41.8. The number of rotatable bonds is 4. The highest BCUT2D eigenvalue weighted by atomic mass is 19.4. The average molecular weight is 299 g/mol. The summed E-state index contributed by atoms with van der Waals surface area (Å²) >= 11 is 0. The molecular formula is C14H16F3N3O. The summed E-state index contributed by atoms with van der Waals surface area (Å²) in [6.45, 7) is 2.43. The third-order valence-electron chi connectivity index (χ3n) is 3.19. The number of hydrazine groups is 1. The van der Waals surface area contributed by atoms with E-state index in [9.17, 15) is 13.2 Å². The lowest BCUT2D eigenvalue weighted by molar-refractivity contribution is -0.153. The van der Waals surface area contributed by atoms with Crippen LogP contribution in [0.25, 0.3) is 10.9 Å². The Kier molecular flexibility index (Phi) is 4.22. The van der Waals surface area contributed by atoms with Gasteiger partial charge >= 0.3 is 6.18 Å². The lowest BCUT2D eigenvalue weighted by Gasteiger charge is -2.16. The highest BCUT2D eigenvalue weighted by Gasteiger charge is 2.29. The van der Waals surface area contributed by atoms with Crippen LogP contribution in [0.5, 0.6) is 5.75 Å². The number of aryl methyl sites for hydroxylation is 1. The highest BCUT2D eigenvalue weighted by Crippen LogP contribution is 2.33. The molecule has 1 heterocycles. The van der Waals surface area contributed by atoms with Gasteiger partial charge in [0.05, 0.1) is 5.69 Å². The minimum absolute atomic E-state index is 0.0935. The van der Waals surface area contributed by atoms with Crippen molar-refractivity contribution in [2.24, 2.45) is 5.84 Å². The normalized spacial score (nSPS) is 11.7. The van der Waals surface area contributed by atoms with Gasteiger partial charge in [-0.1, -0.05) is 19.1 Å². The summed E-state index contributed by atoms with van der Waals surface area (Å²) in [7, 11) is 0. The summed E-state index contributed by atoms with van der Waals surface area (Å²) in [6, 6.07) is 4.82. The van der Waals surface area contributed by atoms with Gasteiger partial charge in [-0.2, -0.15) is 13.2 Å². The molecule has 21 heavy (non-hydrogen) atoms. The highest BCUT2D eigenvalue weighted by molar-refractivity contribution is 5.96. The molecule has 0 aliphatic carbocycles. The van der Waals surface area contributed by atoms with Crippen molar-refractivity contribution in [1.29, 1.82) is 0 Å². The predicted octanol–water partition coefficient (Wildman–Crippen LogP) is 3.33. The van der Waals surface area contributed by atoms with Gasteiger partial charge in [0.15, 0.2) is 6.61 Å². The number of pyridine rings is 1. The van der Waals surface area contributed by atoms with E-state index in [1.165, 1.54) is 6.07 Å². The zero-order chi connectivity index (χ0) is 15.6. The van der Waals surface area contributed by atoms with E-state index < -0.39 is 12.8 Å². The molecule has 0 bridgehead atoms. The van der Waals surface area contributed by atoms with Crippen LogP contribution in [0.1, 0.15) is 18.2 Å². The third-order valence-corrected chi connectivity index (χ3v) is 3.19. The van der Waals surface area contributed by atoms with E-state index in [1.807, 2.05) is 13.8 Å². The van der Waals surface area contributed by atoms with Crippen LogP contribution in [-0.2, 0) is 6.42 Å². The van der Waals surface area contributed by atoms with Gasteiger partial charge in [0, 0.05) is 11.1 Å². The first-order valence-corrected chi connectivity index (χ1v) is 6.45. The molecule has 1 aromatic carbocycles. The Hall–Kier alpha value is -2.02. The van der Waals surface area contributed by atoms with Crippen molar-refractivity contribution in [3.05, 3.63) is 29.5 Å². The van der Waals surface area contributed by atoms with Crippen molar-refractivity contribution in [2.75, 3.05) is 12.0 Å². The quantitative estimate of drug-likeness (QED) is 0.671. The molecule has 0 saturated heterocycles. The van der Waals surface area contributed by atoms with E-state index in [-0.39, 0.29) is 5.75 Å². The van der Waals surface area contributed by atoms with Gasteiger partial charge in [-0.25, -0.2) is 4.98 Å². The van der Waals surface area contributed by atoms with Gasteiger partial charge in [-0.05, 0) is 25.0 Å². The molecule has 1 aromatic heterocycles. The molecule has 0 saturated carbocycles. The Morgan fingerprint density at radius 3 is 2.62 bits per heavy atom. The first kappa shape index (κ1) is 15.4. The second-order valence-electron chi connectivity index (χ2n) is 4.61. The van der Waals surface area contributed by atoms with Crippen molar-refractivity contribution in [1.82, 2.24) is 4.98 Å². The van der Waals surface area contributed by atoms with Crippen molar-refractivity contribution >= 4 is 16.6 Å². The Bertz CT molecular complexity index is 656. The van der Waals surface area contributed by atoms with Gasteiger partial charge in [0.25, 0.3) is 0 Å². The van der Waals surface area contributed by atoms with Crippen molar-refractivity contribution in [3.63, 3.8) is 0 Å². The third kappa shape index (κ3) is 3.18. The van der Waals surface area contributed by atoms with E-state index in [1.54, 1.807) is 12.1 Å². The number of benzene rings is 1. The van der Waals surface area contributed by atoms with Gasteiger partial charge in [-0.15, -0.1) is 0 Å². The van der Waals surface area contributed by atoms with Crippen LogP contribution in [0.2, 0.25) is 0 Å². The number of nitrogens with zero attached hydrogens (tertiary/aromatic N) is 1. The second-order valence-corrected chi connectivity index (χ2v) is 4.61. The van der Waals surface area contributed by atoms with Crippen LogP contribution in [-0.4, -0.2) is 17.8 Å². The molecular weight excluding hydrogens is 283 g/mol. The van der Waals surface area contributed by atoms with Crippen LogP contribution in [0.15, 0.2) is 18.2 Å². The van der Waals surface area contributed by atoms with Gasteiger partial charge < -0.3 is 10.2 Å². The number of hydrogen-bond donors (Lipinski definition) is 2. The van der Waals surface area contributed by atoms with Crippen molar-refractivity contribution in [3.8, 4) is 5.75 Å². The van der Waals surface area contributed by atoms with Crippen LogP contribution in [0.4, 0.5) is 18.9 Å². The summed E-state index contributed by atoms with van der Waals surface area (Å²) in [5.41, 5.74) is 5.25. The van der Waals surface area contributed by atoms with E-state index in [4.69, 9.17) is 10.6 Å². The monoisotopic (exact) mass is 299 g/mol. The first-order valence-electron chi connectivity index (χ1n) is 6.45. The minimum atomic E-state index is -4.39. The van der Waals surface area contributed by atoms with Crippen LogP contribution >= 0.6 is 0 Å². The molecule has 7 heteroatoms. The molecule has 0 aliphatic heterocycles. The fraction of sp³-hybridized carbons (Fsp3) is 0.357. The zero-order valence-electron chi connectivity index (χ0n) is 11.7. The second kappa shape index (κ2) is 5.77. The van der Waals surface area contributed by atoms with E-state index in [0.717, 1.165) is 11.3 Å². The molecule has 0 atom stereocenters. The Morgan fingerprint density at radius 1 is 1.33 bits per heavy atom. The minimum Gasteiger partial charge on any atom is -0.482 e. The topological polar surface area (TPSA) is 60.2 Å². The number of anilines is 1. The number of hydrogen-bond acceptors (Lipinski definition) is 4. The number of para-hydroxylation sites is 1. The maximum Gasteiger partial charge on any atom is 0.422 e. The van der Waals surface area contributed by atoms with Crippen LogP contribution < -0.4 is 16.0 Å². The van der Waals surface area contributed by atoms with E-state index >= 15 is 0 Å². The maximum atomic E-state index is 12.3. The smallest absolute Gasteiger partial charge is 0.422 e. The fourth-order valence-electron chi connectivity index (χ4n) is 2.21. The molecule has 4 nitrogen and oxygen atoms in total. The molecule has 0 aliphatic rings. The number of nitrogens with one attached hydrogen (secondary N) is 1. The number of nitrogens with two attached hydrogens (primary N) is 1. The average Bonchev–Trinajstić information content (AvgIpc) is 2.43.